The maximum Gasteiger partial charge on any atom is 0.255 e. The van der Waals surface area contributed by atoms with Gasteiger partial charge in [0, 0.05) is 25.3 Å². The van der Waals surface area contributed by atoms with Gasteiger partial charge in [-0.1, -0.05) is 0 Å². The van der Waals surface area contributed by atoms with E-state index < -0.39 is 0 Å². The Morgan fingerprint density at radius 3 is 2.94 bits per heavy atom. The fraction of sp³-hybridized carbons (Fsp3) is 0.538. The summed E-state index contributed by atoms with van der Waals surface area (Å²) >= 11 is 0. The smallest absolute Gasteiger partial charge is 0.255 e. The average molecular weight is 248 g/mol. The van der Waals surface area contributed by atoms with Gasteiger partial charge in [-0.3, -0.25) is 4.79 Å². The lowest BCUT2D eigenvalue weighted by atomic mass is 10.2. The fourth-order valence-corrected chi connectivity index (χ4v) is 2.41. The van der Waals surface area contributed by atoms with Crippen LogP contribution in [0.3, 0.4) is 0 Å². The number of likely N-dealkylation sites (tertiary alicyclic amines) is 1. The molecule has 1 aromatic rings. The first-order valence-electron chi connectivity index (χ1n) is 6.25. The molecule has 1 unspecified atom stereocenters. The Kier molecular flexibility index (Phi) is 3.81. The van der Waals surface area contributed by atoms with Gasteiger partial charge in [-0.25, -0.2) is 4.98 Å². The number of aromatic nitrogens is 1. The summed E-state index contributed by atoms with van der Waals surface area (Å²) in [5.74, 6) is 0.504. The van der Waals surface area contributed by atoms with Gasteiger partial charge in [-0.15, -0.1) is 0 Å². The third kappa shape index (κ3) is 2.79. The number of carbonyl (C=O) groups is 1. The molecule has 1 saturated heterocycles. The Labute approximate surface area is 108 Å². The SMILES string of the molecule is CN(C)CC1CCCN1C(=O)c1ccc(N)nc1. The highest BCUT2D eigenvalue weighted by Gasteiger charge is 2.29. The van der Waals surface area contributed by atoms with Crippen LogP contribution in [0.15, 0.2) is 18.3 Å². The molecule has 2 N–H and O–H groups in total. The number of hydrogen-bond acceptors (Lipinski definition) is 4. The summed E-state index contributed by atoms with van der Waals surface area (Å²) in [4.78, 5) is 20.4. The molecule has 5 heteroatoms. The Hall–Kier alpha value is -1.62. The van der Waals surface area contributed by atoms with E-state index >= 15 is 0 Å². The van der Waals surface area contributed by atoms with Crippen LogP contribution in [0.5, 0.6) is 0 Å². The third-order valence-electron chi connectivity index (χ3n) is 3.25. The van der Waals surface area contributed by atoms with Crippen molar-refractivity contribution >= 4 is 11.7 Å². The van der Waals surface area contributed by atoms with E-state index in [2.05, 4.69) is 9.88 Å². The maximum atomic E-state index is 12.4. The monoisotopic (exact) mass is 248 g/mol. The van der Waals surface area contributed by atoms with E-state index in [-0.39, 0.29) is 5.91 Å². The topological polar surface area (TPSA) is 62.5 Å². The van der Waals surface area contributed by atoms with Crippen molar-refractivity contribution in [3.63, 3.8) is 0 Å². The van der Waals surface area contributed by atoms with E-state index in [1.54, 1.807) is 18.3 Å². The van der Waals surface area contributed by atoms with Crippen molar-refractivity contribution in [1.29, 1.82) is 0 Å². The van der Waals surface area contributed by atoms with Crippen LogP contribution >= 0.6 is 0 Å². The molecular formula is C13H20N4O. The minimum Gasteiger partial charge on any atom is -0.384 e. The molecule has 0 saturated carbocycles. The second-order valence-corrected chi connectivity index (χ2v) is 5.03. The van der Waals surface area contributed by atoms with Crippen molar-refractivity contribution in [2.75, 3.05) is 32.9 Å². The molecule has 18 heavy (non-hydrogen) atoms. The number of carbonyl (C=O) groups excluding carboxylic acids is 1. The second-order valence-electron chi connectivity index (χ2n) is 5.03. The number of rotatable bonds is 3. The van der Waals surface area contributed by atoms with Gasteiger partial charge in [-0.2, -0.15) is 0 Å². The summed E-state index contributed by atoms with van der Waals surface area (Å²) in [5.41, 5.74) is 6.15. The van der Waals surface area contributed by atoms with Gasteiger partial charge in [0.1, 0.15) is 5.82 Å². The molecule has 0 bridgehead atoms. The minimum atomic E-state index is 0.0619. The zero-order valence-electron chi connectivity index (χ0n) is 11.0. The molecule has 1 amide bonds. The second kappa shape index (κ2) is 5.35. The number of likely N-dealkylation sites (N-methyl/N-ethyl adjacent to an activating group) is 1. The van der Waals surface area contributed by atoms with Gasteiger partial charge in [0.15, 0.2) is 0 Å². The van der Waals surface area contributed by atoms with E-state index in [1.807, 2.05) is 19.0 Å². The van der Waals surface area contributed by atoms with Crippen molar-refractivity contribution in [3.8, 4) is 0 Å². The fourth-order valence-electron chi connectivity index (χ4n) is 2.41. The van der Waals surface area contributed by atoms with Crippen LogP contribution in [0.4, 0.5) is 5.82 Å². The summed E-state index contributed by atoms with van der Waals surface area (Å²) in [6.07, 6.45) is 3.71. The summed E-state index contributed by atoms with van der Waals surface area (Å²) in [7, 11) is 4.07. The predicted molar refractivity (Wildman–Crippen MR) is 71.3 cm³/mol. The predicted octanol–water partition coefficient (Wildman–Crippen LogP) is 0.830. The van der Waals surface area contributed by atoms with Crippen LogP contribution < -0.4 is 5.73 Å². The van der Waals surface area contributed by atoms with Crippen LogP contribution in [-0.2, 0) is 0 Å². The van der Waals surface area contributed by atoms with Gasteiger partial charge in [0.2, 0.25) is 0 Å². The third-order valence-corrected chi connectivity index (χ3v) is 3.25. The van der Waals surface area contributed by atoms with Crippen molar-refractivity contribution < 1.29 is 4.79 Å². The molecule has 1 fully saturated rings. The number of nitrogens with two attached hydrogens (primary N) is 1. The normalized spacial score (nSPS) is 19.5. The van der Waals surface area contributed by atoms with Crippen LogP contribution in [0.1, 0.15) is 23.2 Å². The molecule has 2 heterocycles. The number of nitrogen functional groups attached to an aromatic ring is 1. The highest BCUT2D eigenvalue weighted by molar-refractivity contribution is 5.94. The highest BCUT2D eigenvalue weighted by atomic mass is 16.2. The van der Waals surface area contributed by atoms with Gasteiger partial charge >= 0.3 is 0 Å². The molecule has 2 rings (SSSR count). The van der Waals surface area contributed by atoms with Gasteiger partial charge in [0.25, 0.3) is 5.91 Å². The Morgan fingerprint density at radius 1 is 1.56 bits per heavy atom. The minimum absolute atomic E-state index is 0.0619. The molecular weight excluding hydrogens is 228 g/mol. The lowest BCUT2D eigenvalue weighted by Gasteiger charge is -2.27. The van der Waals surface area contributed by atoms with Crippen molar-refractivity contribution in [2.45, 2.75) is 18.9 Å². The van der Waals surface area contributed by atoms with E-state index in [9.17, 15) is 4.79 Å². The van der Waals surface area contributed by atoms with E-state index in [1.165, 1.54) is 0 Å². The average Bonchev–Trinajstić information content (AvgIpc) is 2.76. The Bertz CT molecular complexity index is 416. The maximum absolute atomic E-state index is 12.4. The van der Waals surface area contributed by atoms with Crippen LogP contribution in [-0.4, -0.2) is 53.9 Å². The van der Waals surface area contributed by atoms with Crippen LogP contribution in [0.2, 0.25) is 0 Å². The molecule has 0 aromatic carbocycles. The molecule has 1 aliphatic rings. The van der Waals surface area contributed by atoms with Gasteiger partial charge < -0.3 is 15.5 Å². The first-order valence-corrected chi connectivity index (χ1v) is 6.25. The van der Waals surface area contributed by atoms with Crippen molar-refractivity contribution in [1.82, 2.24) is 14.8 Å². The molecule has 0 radical (unpaired) electrons. The summed E-state index contributed by atoms with van der Waals surface area (Å²) in [6, 6.07) is 3.73. The molecule has 0 aliphatic carbocycles. The zero-order chi connectivity index (χ0) is 13.1. The number of hydrogen-bond donors (Lipinski definition) is 1. The number of anilines is 1. The van der Waals surface area contributed by atoms with E-state index in [4.69, 9.17) is 5.73 Å². The first kappa shape index (κ1) is 12.8. The molecule has 1 atom stereocenters. The van der Waals surface area contributed by atoms with Gasteiger partial charge in [0.05, 0.1) is 5.56 Å². The highest BCUT2D eigenvalue weighted by Crippen LogP contribution is 2.20. The number of pyridine rings is 1. The number of amides is 1. The number of nitrogens with zero attached hydrogens (tertiary/aromatic N) is 3. The van der Waals surface area contributed by atoms with E-state index in [0.717, 1.165) is 25.9 Å². The van der Waals surface area contributed by atoms with Crippen LogP contribution in [0, 0.1) is 0 Å². The largest absolute Gasteiger partial charge is 0.384 e. The first-order chi connectivity index (χ1) is 8.58. The summed E-state index contributed by atoms with van der Waals surface area (Å²) < 4.78 is 0. The molecule has 1 aliphatic heterocycles. The van der Waals surface area contributed by atoms with Crippen molar-refractivity contribution in [2.24, 2.45) is 0 Å². The molecule has 0 spiro atoms. The summed E-state index contributed by atoms with van der Waals surface area (Å²) in [5, 5.41) is 0. The molecule has 1 aromatic heterocycles. The lowest BCUT2D eigenvalue weighted by Crippen LogP contribution is -2.41. The quantitative estimate of drug-likeness (QED) is 0.860. The van der Waals surface area contributed by atoms with Crippen molar-refractivity contribution in [3.05, 3.63) is 23.9 Å². The zero-order valence-corrected chi connectivity index (χ0v) is 11.0. The van der Waals surface area contributed by atoms with Gasteiger partial charge in [-0.05, 0) is 39.1 Å². The molecule has 5 nitrogen and oxygen atoms in total. The van der Waals surface area contributed by atoms with Crippen LogP contribution in [0.25, 0.3) is 0 Å². The Balaban J connectivity index is 2.10. The standard InChI is InChI=1S/C13H20N4O/c1-16(2)9-11-4-3-7-17(11)13(18)10-5-6-12(14)15-8-10/h5-6,8,11H,3-4,7,9H2,1-2H3,(H2,14,15). The Morgan fingerprint density at radius 2 is 2.33 bits per heavy atom. The summed E-state index contributed by atoms with van der Waals surface area (Å²) in [6.45, 7) is 1.75. The molecule has 98 valence electrons. The van der Waals surface area contributed by atoms with E-state index in [0.29, 0.717) is 17.4 Å². The lowest BCUT2D eigenvalue weighted by molar-refractivity contribution is 0.0716.